The topological polar surface area (TPSA) is 56.2 Å². The van der Waals surface area contributed by atoms with E-state index < -0.39 is 0 Å². The number of nitrogens with two attached hydrogens (primary N) is 1. The second-order valence-electron chi connectivity index (χ2n) is 5.28. The fraction of sp³-hybridized carbons (Fsp3) is 0.400. The maximum Gasteiger partial charge on any atom is 0.201 e. The summed E-state index contributed by atoms with van der Waals surface area (Å²) in [5.41, 5.74) is 6.64. The standard InChI is InChI=1S/C15H16ClNO2/c16-11-4-5-13-10(6-11)8-14(19-13)15(18)9-2-1-3-12(17)7-9/h4-6,8-9,12H,1-3,7,17H2. The molecule has 0 spiro atoms. The van der Waals surface area contributed by atoms with E-state index in [9.17, 15) is 4.79 Å². The highest BCUT2D eigenvalue weighted by Gasteiger charge is 2.28. The van der Waals surface area contributed by atoms with Gasteiger partial charge in [-0.25, -0.2) is 0 Å². The molecule has 0 radical (unpaired) electrons. The minimum atomic E-state index is -0.000200. The monoisotopic (exact) mass is 277 g/mol. The number of rotatable bonds is 2. The third-order valence-corrected chi connectivity index (χ3v) is 4.04. The first kappa shape index (κ1) is 12.7. The summed E-state index contributed by atoms with van der Waals surface area (Å²) in [5, 5.41) is 1.52. The van der Waals surface area contributed by atoms with E-state index in [1.165, 1.54) is 0 Å². The SMILES string of the molecule is NC1CCCC(C(=O)c2cc3cc(Cl)ccc3o2)C1. The van der Waals surface area contributed by atoms with E-state index in [1.807, 2.05) is 6.07 Å². The Morgan fingerprint density at radius 2 is 2.16 bits per heavy atom. The van der Waals surface area contributed by atoms with Crippen LogP contribution >= 0.6 is 11.6 Å². The molecule has 3 rings (SSSR count). The lowest BCUT2D eigenvalue weighted by Crippen LogP contribution is -2.31. The van der Waals surface area contributed by atoms with Crippen molar-refractivity contribution < 1.29 is 9.21 Å². The Labute approximate surface area is 116 Å². The first-order chi connectivity index (χ1) is 9.13. The molecule has 1 aromatic carbocycles. The average molecular weight is 278 g/mol. The smallest absolute Gasteiger partial charge is 0.201 e. The van der Waals surface area contributed by atoms with Gasteiger partial charge in [-0.15, -0.1) is 0 Å². The fourth-order valence-electron chi connectivity index (χ4n) is 2.80. The number of carbonyl (C=O) groups excluding carboxylic acids is 1. The Bertz CT molecular complexity index is 620. The molecule has 1 heterocycles. The highest BCUT2D eigenvalue weighted by Crippen LogP contribution is 2.29. The lowest BCUT2D eigenvalue weighted by molar-refractivity contribution is 0.0855. The molecule has 19 heavy (non-hydrogen) atoms. The van der Waals surface area contributed by atoms with Crippen LogP contribution in [0.1, 0.15) is 36.2 Å². The zero-order chi connectivity index (χ0) is 13.4. The van der Waals surface area contributed by atoms with Gasteiger partial charge in [0.2, 0.25) is 5.78 Å². The molecule has 1 aliphatic carbocycles. The van der Waals surface area contributed by atoms with E-state index in [2.05, 4.69) is 0 Å². The van der Waals surface area contributed by atoms with Crippen LogP contribution in [-0.4, -0.2) is 11.8 Å². The van der Waals surface area contributed by atoms with E-state index in [4.69, 9.17) is 21.8 Å². The lowest BCUT2D eigenvalue weighted by atomic mass is 9.83. The van der Waals surface area contributed by atoms with Crippen LogP contribution in [0.25, 0.3) is 11.0 Å². The number of hydrogen-bond acceptors (Lipinski definition) is 3. The number of Topliss-reactive ketones (excluding diaryl/α,β-unsaturated/α-hetero) is 1. The molecule has 0 aliphatic heterocycles. The minimum Gasteiger partial charge on any atom is -0.453 e. The molecular formula is C15H16ClNO2. The highest BCUT2D eigenvalue weighted by atomic mass is 35.5. The largest absolute Gasteiger partial charge is 0.453 e. The Morgan fingerprint density at radius 3 is 2.95 bits per heavy atom. The molecule has 2 aromatic rings. The summed E-state index contributed by atoms with van der Waals surface area (Å²) in [6, 6.07) is 7.29. The first-order valence-electron chi connectivity index (χ1n) is 6.62. The zero-order valence-corrected chi connectivity index (χ0v) is 11.3. The molecule has 2 unspecified atom stereocenters. The van der Waals surface area contributed by atoms with Gasteiger partial charge >= 0.3 is 0 Å². The average Bonchev–Trinajstić information content (AvgIpc) is 2.80. The quantitative estimate of drug-likeness (QED) is 0.850. The van der Waals surface area contributed by atoms with Gasteiger partial charge in [-0.3, -0.25) is 4.79 Å². The molecule has 0 saturated heterocycles. The molecule has 3 nitrogen and oxygen atoms in total. The molecule has 4 heteroatoms. The summed E-state index contributed by atoms with van der Waals surface area (Å²) in [4.78, 5) is 12.4. The van der Waals surface area contributed by atoms with Crippen LogP contribution in [-0.2, 0) is 0 Å². The van der Waals surface area contributed by atoms with Gasteiger partial charge in [0.25, 0.3) is 0 Å². The summed E-state index contributed by atoms with van der Waals surface area (Å²) in [6.45, 7) is 0. The number of hydrogen-bond donors (Lipinski definition) is 1. The van der Waals surface area contributed by atoms with E-state index in [1.54, 1.807) is 18.2 Å². The fourth-order valence-corrected chi connectivity index (χ4v) is 2.98. The molecule has 0 amide bonds. The van der Waals surface area contributed by atoms with Crippen molar-refractivity contribution in [1.29, 1.82) is 0 Å². The van der Waals surface area contributed by atoms with Crippen molar-refractivity contribution in [3.63, 3.8) is 0 Å². The molecule has 1 aliphatic rings. The number of halogens is 1. The molecule has 1 fully saturated rings. The molecule has 1 aromatic heterocycles. The number of carbonyl (C=O) groups is 1. The summed E-state index contributed by atoms with van der Waals surface area (Å²) < 4.78 is 5.62. The highest BCUT2D eigenvalue weighted by molar-refractivity contribution is 6.31. The van der Waals surface area contributed by atoms with Crippen LogP contribution in [0.2, 0.25) is 5.02 Å². The number of ketones is 1. The second kappa shape index (κ2) is 4.99. The lowest BCUT2D eigenvalue weighted by Gasteiger charge is -2.24. The van der Waals surface area contributed by atoms with Gasteiger partial charge in [0.05, 0.1) is 0 Å². The Balaban J connectivity index is 1.88. The summed E-state index contributed by atoms with van der Waals surface area (Å²) in [7, 11) is 0. The van der Waals surface area contributed by atoms with E-state index >= 15 is 0 Å². The number of fused-ring (bicyclic) bond motifs is 1. The van der Waals surface area contributed by atoms with Crippen LogP contribution in [0, 0.1) is 5.92 Å². The van der Waals surface area contributed by atoms with Crippen molar-refractivity contribution >= 4 is 28.4 Å². The minimum absolute atomic E-state index is 0.000200. The third kappa shape index (κ3) is 2.53. The summed E-state index contributed by atoms with van der Waals surface area (Å²) >= 11 is 5.93. The second-order valence-corrected chi connectivity index (χ2v) is 5.72. The van der Waals surface area contributed by atoms with Crippen molar-refractivity contribution in [2.75, 3.05) is 0 Å². The van der Waals surface area contributed by atoms with Gasteiger partial charge in [0, 0.05) is 22.4 Å². The Hall–Kier alpha value is -1.32. The van der Waals surface area contributed by atoms with Gasteiger partial charge in [-0.1, -0.05) is 18.0 Å². The van der Waals surface area contributed by atoms with Gasteiger partial charge < -0.3 is 10.2 Å². The van der Waals surface area contributed by atoms with E-state index in [0.717, 1.165) is 31.1 Å². The predicted molar refractivity (Wildman–Crippen MR) is 75.5 cm³/mol. The van der Waals surface area contributed by atoms with E-state index in [-0.39, 0.29) is 17.7 Å². The normalized spacial score (nSPS) is 23.7. The van der Waals surface area contributed by atoms with Crippen molar-refractivity contribution in [1.82, 2.24) is 0 Å². The molecule has 2 atom stereocenters. The zero-order valence-electron chi connectivity index (χ0n) is 10.6. The van der Waals surface area contributed by atoms with Crippen LogP contribution in [0.5, 0.6) is 0 Å². The van der Waals surface area contributed by atoms with Crippen LogP contribution < -0.4 is 5.73 Å². The summed E-state index contributed by atoms with van der Waals surface area (Å²) in [6.07, 6.45) is 3.70. The molecule has 100 valence electrons. The van der Waals surface area contributed by atoms with Gasteiger partial charge in [-0.2, -0.15) is 0 Å². The van der Waals surface area contributed by atoms with Crippen molar-refractivity contribution in [2.45, 2.75) is 31.7 Å². The molecule has 1 saturated carbocycles. The van der Waals surface area contributed by atoms with Crippen LogP contribution in [0.4, 0.5) is 0 Å². The predicted octanol–water partition coefficient (Wildman–Crippen LogP) is 3.79. The molecular weight excluding hydrogens is 262 g/mol. The number of benzene rings is 1. The Kier molecular flexibility index (Phi) is 3.33. The van der Waals surface area contributed by atoms with Gasteiger partial charge in [-0.05, 0) is 43.5 Å². The molecule has 2 N–H and O–H groups in total. The van der Waals surface area contributed by atoms with Crippen molar-refractivity contribution in [2.24, 2.45) is 11.7 Å². The maximum absolute atomic E-state index is 12.4. The van der Waals surface area contributed by atoms with Gasteiger partial charge in [0.1, 0.15) is 5.58 Å². The van der Waals surface area contributed by atoms with Crippen molar-refractivity contribution in [3.8, 4) is 0 Å². The van der Waals surface area contributed by atoms with Gasteiger partial charge in [0.15, 0.2) is 5.76 Å². The van der Waals surface area contributed by atoms with Crippen LogP contribution in [0.3, 0.4) is 0 Å². The molecule has 0 bridgehead atoms. The maximum atomic E-state index is 12.4. The Morgan fingerprint density at radius 1 is 1.32 bits per heavy atom. The van der Waals surface area contributed by atoms with Crippen LogP contribution in [0.15, 0.2) is 28.7 Å². The van der Waals surface area contributed by atoms with E-state index in [0.29, 0.717) is 16.4 Å². The third-order valence-electron chi connectivity index (χ3n) is 3.81. The van der Waals surface area contributed by atoms with Crippen molar-refractivity contribution in [3.05, 3.63) is 35.0 Å². The number of furan rings is 1. The summed E-state index contributed by atoms with van der Waals surface area (Å²) in [5.74, 6) is 0.499. The first-order valence-corrected chi connectivity index (χ1v) is 7.00.